The van der Waals surface area contributed by atoms with Crippen LogP contribution < -0.4 is 4.90 Å². The van der Waals surface area contributed by atoms with Gasteiger partial charge < -0.3 is 4.90 Å². The minimum absolute atomic E-state index is 0.767. The van der Waals surface area contributed by atoms with Crippen LogP contribution >= 0.6 is 11.3 Å². The third-order valence-corrected chi connectivity index (χ3v) is 4.43. The van der Waals surface area contributed by atoms with Crippen LogP contribution in [0, 0.1) is 0 Å². The Kier molecular flexibility index (Phi) is 3.28. The van der Waals surface area contributed by atoms with Crippen LogP contribution in [0.15, 0.2) is 48.5 Å². The van der Waals surface area contributed by atoms with Gasteiger partial charge in [0.05, 0.1) is 4.88 Å². The number of anilines is 1. The molecule has 0 saturated heterocycles. The Labute approximate surface area is 122 Å². The highest BCUT2D eigenvalue weighted by Crippen LogP contribution is 2.31. The number of rotatable bonds is 3. The molecule has 0 radical (unpaired) electrons. The van der Waals surface area contributed by atoms with Crippen LogP contribution in [0.2, 0.25) is 0 Å². The number of fused-ring (bicyclic) bond motifs is 1. The van der Waals surface area contributed by atoms with Gasteiger partial charge in [-0.2, -0.15) is 0 Å². The van der Waals surface area contributed by atoms with Crippen LogP contribution in [0.3, 0.4) is 0 Å². The average molecular weight is 281 g/mol. The number of carbonyl (C=O) groups excluding carboxylic acids is 1. The topological polar surface area (TPSA) is 20.3 Å². The van der Waals surface area contributed by atoms with Crippen molar-refractivity contribution in [2.75, 3.05) is 19.0 Å². The maximum absolute atomic E-state index is 10.8. The highest BCUT2D eigenvalue weighted by Gasteiger charge is 2.04. The quantitative estimate of drug-likeness (QED) is 0.661. The number of hydrogen-bond acceptors (Lipinski definition) is 3. The number of hydrogen-bond donors (Lipinski definition) is 0. The van der Waals surface area contributed by atoms with Crippen molar-refractivity contribution in [2.24, 2.45) is 0 Å². The van der Waals surface area contributed by atoms with Gasteiger partial charge in [0, 0.05) is 24.7 Å². The largest absolute Gasteiger partial charge is 0.378 e. The van der Waals surface area contributed by atoms with Crippen LogP contribution in [-0.4, -0.2) is 20.4 Å². The summed E-state index contributed by atoms with van der Waals surface area (Å²) in [5, 5.41) is 2.45. The van der Waals surface area contributed by atoms with Crippen molar-refractivity contribution in [3.8, 4) is 10.4 Å². The van der Waals surface area contributed by atoms with Gasteiger partial charge in [0.2, 0.25) is 0 Å². The Morgan fingerprint density at radius 1 is 0.950 bits per heavy atom. The van der Waals surface area contributed by atoms with E-state index in [2.05, 4.69) is 41.3 Å². The summed E-state index contributed by atoms with van der Waals surface area (Å²) in [5.41, 5.74) is 2.36. The molecule has 0 aliphatic heterocycles. The summed E-state index contributed by atoms with van der Waals surface area (Å²) in [5.74, 6) is 0. The zero-order valence-corrected chi connectivity index (χ0v) is 12.3. The molecule has 0 atom stereocenters. The van der Waals surface area contributed by atoms with Gasteiger partial charge in [-0.05, 0) is 46.7 Å². The standard InChI is InChI=1S/C17H15NOS/c1-18(2)15-6-5-12-9-14(4-3-13(12)10-15)17-8-7-16(11-19)20-17/h3-11H,1-2H3. The van der Waals surface area contributed by atoms with E-state index >= 15 is 0 Å². The summed E-state index contributed by atoms with van der Waals surface area (Å²) in [6, 6.07) is 16.7. The third-order valence-electron chi connectivity index (χ3n) is 3.37. The second-order valence-corrected chi connectivity index (χ2v) is 6.08. The molecule has 0 aliphatic rings. The smallest absolute Gasteiger partial charge is 0.160 e. The Morgan fingerprint density at radius 3 is 2.40 bits per heavy atom. The third kappa shape index (κ3) is 2.32. The first-order chi connectivity index (χ1) is 9.67. The van der Waals surface area contributed by atoms with Gasteiger partial charge in [0.15, 0.2) is 6.29 Å². The molecule has 0 bridgehead atoms. The van der Waals surface area contributed by atoms with E-state index in [9.17, 15) is 4.79 Å². The number of aldehydes is 1. The fraction of sp³-hybridized carbons (Fsp3) is 0.118. The molecule has 0 amide bonds. The second-order valence-electron chi connectivity index (χ2n) is 4.96. The van der Waals surface area contributed by atoms with E-state index in [4.69, 9.17) is 0 Å². The monoisotopic (exact) mass is 281 g/mol. The molecule has 20 heavy (non-hydrogen) atoms. The first-order valence-electron chi connectivity index (χ1n) is 6.44. The van der Waals surface area contributed by atoms with Crippen LogP contribution in [0.5, 0.6) is 0 Å². The molecule has 0 unspecified atom stereocenters. The van der Waals surface area contributed by atoms with Crippen LogP contribution in [0.1, 0.15) is 9.67 Å². The predicted octanol–water partition coefficient (Wildman–Crippen LogP) is 4.45. The number of nitrogens with zero attached hydrogens (tertiary/aromatic N) is 1. The molecule has 3 aromatic rings. The molecule has 0 N–H and O–H groups in total. The van der Waals surface area contributed by atoms with E-state index in [1.165, 1.54) is 27.8 Å². The van der Waals surface area contributed by atoms with Crippen molar-refractivity contribution in [2.45, 2.75) is 0 Å². The molecule has 2 aromatic carbocycles. The molecule has 0 fully saturated rings. The molecular formula is C17H15NOS. The summed E-state index contributed by atoms with van der Waals surface area (Å²) >= 11 is 1.53. The van der Waals surface area contributed by atoms with Gasteiger partial charge in [-0.15, -0.1) is 11.3 Å². The van der Waals surface area contributed by atoms with E-state index in [1.807, 2.05) is 26.2 Å². The van der Waals surface area contributed by atoms with Crippen LogP contribution in [0.25, 0.3) is 21.2 Å². The lowest BCUT2D eigenvalue weighted by atomic mass is 10.1. The van der Waals surface area contributed by atoms with Crippen molar-refractivity contribution >= 4 is 34.1 Å². The Bertz CT molecular complexity index is 774. The van der Waals surface area contributed by atoms with Crippen molar-refractivity contribution < 1.29 is 4.79 Å². The minimum atomic E-state index is 0.767. The minimum Gasteiger partial charge on any atom is -0.378 e. The van der Waals surface area contributed by atoms with Gasteiger partial charge in [-0.1, -0.05) is 18.2 Å². The molecule has 3 rings (SSSR count). The fourth-order valence-electron chi connectivity index (χ4n) is 2.24. The van der Waals surface area contributed by atoms with E-state index < -0.39 is 0 Å². The summed E-state index contributed by atoms with van der Waals surface area (Å²) in [4.78, 5) is 14.8. The molecular weight excluding hydrogens is 266 g/mol. The van der Waals surface area contributed by atoms with Gasteiger partial charge >= 0.3 is 0 Å². The van der Waals surface area contributed by atoms with Gasteiger partial charge in [0.1, 0.15) is 0 Å². The molecule has 2 nitrogen and oxygen atoms in total. The molecule has 0 saturated carbocycles. The number of benzene rings is 2. The summed E-state index contributed by atoms with van der Waals surface area (Å²) in [6.07, 6.45) is 0.901. The van der Waals surface area contributed by atoms with Crippen LogP contribution in [-0.2, 0) is 0 Å². The van der Waals surface area contributed by atoms with Crippen molar-refractivity contribution in [3.05, 3.63) is 53.4 Å². The van der Waals surface area contributed by atoms with Crippen molar-refractivity contribution in [1.82, 2.24) is 0 Å². The SMILES string of the molecule is CN(C)c1ccc2cc(-c3ccc(C=O)s3)ccc2c1. The predicted molar refractivity (Wildman–Crippen MR) is 87.0 cm³/mol. The lowest BCUT2D eigenvalue weighted by Gasteiger charge is -2.13. The highest BCUT2D eigenvalue weighted by molar-refractivity contribution is 7.17. The van der Waals surface area contributed by atoms with Gasteiger partial charge in [-0.3, -0.25) is 4.79 Å². The Morgan fingerprint density at radius 2 is 1.70 bits per heavy atom. The first-order valence-corrected chi connectivity index (χ1v) is 7.25. The van der Waals surface area contributed by atoms with E-state index in [0.717, 1.165) is 21.6 Å². The molecule has 1 aromatic heterocycles. The molecule has 100 valence electrons. The lowest BCUT2D eigenvalue weighted by molar-refractivity contribution is 0.112. The van der Waals surface area contributed by atoms with Crippen molar-refractivity contribution in [3.63, 3.8) is 0 Å². The second kappa shape index (κ2) is 5.10. The van der Waals surface area contributed by atoms with Gasteiger partial charge in [0.25, 0.3) is 0 Å². The molecule has 3 heteroatoms. The summed E-state index contributed by atoms with van der Waals surface area (Å²) < 4.78 is 0. The molecule has 0 spiro atoms. The van der Waals surface area contributed by atoms with E-state index in [-0.39, 0.29) is 0 Å². The summed E-state index contributed by atoms with van der Waals surface area (Å²) in [6.45, 7) is 0. The Hall–Kier alpha value is -2.13. The summed E-state index contributed by atoms with van der Waals surface area (Å²) in [7, 11) is 4.09. The zero-order chi connectivity index (χ0) is 14.1. The zero-order valence-electron chi connectivity index (χ0n) is 11.5. The molecule has 1 heterocycles. The van der Waals surface area contributed by atoms with Crippen molar-refractivity contribution in [1.29, 1.82) is 0 Å². The van der Waals surface area contributed by atoms with E-state index in [0.29, 0.717) is 0 Å². The fourth-order valence-corrected chi connectivity index (χ4v) is 3.05. The average Bonchev–Trinajstić information content (AvgIpc) is 2.95. The van der Waals surface area contributed by atoms with Gasteiger partial charge in [-0.25, -0.2) is 0 Å². The lowest BCUT2D eigenvalue weighted by Crippen LogP contribution is -2.07. The first kappa shape index (κ1) is 12.9. The molecule has 0 aliphatic carbocycles. The maximum atomic E-state index is 10.8. The maximum Gasteiger partial charge on any atom is 0.160 e. The normalized spacial score (nSPS) is 10.7. The van der Waals surface area contributed by atoms with Crippen LogP contribution in [0.4, 0.5) is 5.69 Å². The number of carbonyl (C=O) groups is 1. The van der Waals surface area contributed by atoms with E-state index in [1.54, 1.807) is 0 Å². The number of thiophene rings is 1. The Balaban J connectivity index is 2.06. The highest BCUT2D eigenvalue weighted by atomic mass is 32.1.